The first-order chi connectivity index (χ1) is 9.78. The quantitative estimate of drug-likeness (QED) is 0.832. The van der Waals surface area contributed by atoms with Crippen LogP contribution in [0.5, 0.6) is 0 Å². The highest BCUT2D eigenvalue weighted by molar-refractivity contribution is 5.07. The second-order valence-electron chi connectivity index (χ2n) is 5.25. The summed E-state index contributed by atoms with van der Waals surface area (Å²) in [5, 5.41) is 12.0. The Morgan fingerprint density at radius 2 is 2.20 bits per heavy atom. The molecule has 0 aliphatic heterocycles. The van der Waals surface area contributed by atoms with Gasteiger partial charge in [0, 0.05) is 31.5 Å². The number of aromatic nitrogens is 4. The van der Waals surface area contributed by atoms with Crippen LogP contribution in [-0.4, -0.2) is 26.0 Å². The van der Waals surface area contributed by atoms with E-state index in [1.807, 2.05) is 10.7 Å². The highest BCUT2D eigenvalue weighted by Gasteiger charge is 2.20. The molecule has 0 bridgehead atoms. The van der Waals surface area contributed by atoms with Gasteiger partial charge in [-0.15, -0.1) is 0 Å². The normalized spacial score (nSPS) is 14.9. The summed E-state index contributed by atoms with van der Waals surface area (Å²) in [5.41, 5.74) is 0.959. The Kier molecular flexibility index (Phi) is 3.82. The maximum atomic E-state index is 5.39. The van der Waals surface area contributed by atoms with Gasteiger partial charge in [0.2, 0.25) is 0 Å². The molecule has 0 aromatic carbocycles. The molecular weight excluding hydrogens is 254 g/mol. The van der Waals surface area contributed by atoms with E-state index in [0.717, 1.165) is 42.5 Å². The number of nitrogens with one attached hydrogen (secondary N) is 1. The van der Waals surface area contributed by atoms with E-state index in [1.54, 1.807) is 0 Å². The second-order valence-corrected chi connectivity index (χ2v) is 5.25. The van der Waals surface area contributed by atoms with Crippen molar-refractivity contribution in [2.24, 2.45) is 0 Å². The van der Waals surface area contributed by atoms with E-state index in [0.29, 0.717) is 12.6 Å². The molecule has 0 radical (unpaired) electrons. The molecule has 1 saturated carbocycles. The topological polar surface area (TPSA) is 68.8 Å². The molecule has 20 heavy (non-hydrogen) atoms. The highest BCUT2D eigenvalue weighted by atomic mass is 16.5. The molecule has 108 valence electrons. The molecule has 1 N–H and O–H groups in total. The van der Waals surface area contributed by atoms with E-state index >= 15 is 0 Å². The number of aryl methyl sites for hydroxylation is 2. The molecule has 1 fully saturated rings. The lowest BCUT2D eigenvalue weighted by atomic mass is 10.3. The average molecular weight is 275 g/mol. The smallest absolute Gasteiger partial charge is 0.158 e. The lowest BCUT2D eigenvalue weighted by Crippen LogP contribution is -2.15. The summed E-state index contributed by atoms with van der Waals surface area (Å²) in [6.07, 6.45) is 4.29. The van der Waals surface area contributed by atoms with E-state index in [-0.39, 0.29) is 0 Å². The fourth-order valence-corrected chi connectivity index (χ4v) is 2.16. The van der Waals surface area contributed by atoms with Gasteiger partial charge in [-0.3, -0.25) is 0 Å². The van der Waals surface area contributed by atoms with Crippen molar-refractivity contribution in [3.63, 3.8) is 0 Å². The van der Waals surface area contributed by atoms with Gasteiger partial charge in [0.25, 0.3) is 0 Å². The Morgan fingerprint density at radius 1 is 1.35 bits per heavy atom. The Morgan fingerprint density at radius 3 is 2.90 bits per heavy atom. The Labute approximate surface area is 118 Å². The van der Waals surface area contributed by atoms with Crippen LogP contribution in [0.3, 0.4) is 0 Å². The van der Waals surface area contributed by atoms with Gasteiger partial charge < -0.3 is 9.84 Å². The predicted octanol–water partition coefficient (Wildman–Crippen LogP) is 1.69. The number of nitrogens with zero attached hydrogens (tertiary/aromatic N) is 4. The van der Waals surface area contributed by atoms with Crippen LogP contribution in [0, 0.1) is 0 Å². The van der Waals surface area contributed by atoms with Crippen LogP contribution < -0.4 is 5.32 Å². The fourth-order valence-electron chi connectivity index (χ4n) is 2.16. The molecule has 0 unspecified atom stereocenters. The predicted molar refractivity (Wildman–Crippen MR) is 74.2 cm³/mol. The number of hydrogen-bond acceptors (Lipinski definition) is 5. The maximum Gasteiger partial charge on any atom is 0.158 e. The molecule has 0 spiro atoms. The van der Waals surface area contributed by atoms with Gasteiger partial charge >= 0.3 is 0 Å². The van der Waals surface area contributed by atoms with Gasteiger partial charge in [-0.2, -0.15) is 5.10 Å². The van der Waals surface area contributed by atoms with E-state index in [9.17, 15) is 0 Å². The van der Waals surface area contributed by atoms with Crippen LogP contribution in [-0.2, 0) is 25.9 Å². The summed E-state index contributed by atoms with van der Waals surface area (Å²) < 4.78 is 7.30. The van der Waals surface area contributed by atoms with Gasteiger partial charge in [-0.1, -0.05) is 19.0 Å². The lowest BCUT2D eigenvalue weighted by Gasteiger charge is -2.00. The van der Waals surface area contributed by atoms with Crippen LogP contribution in [0.4, 0.5) is 0 Å². The summed E-state index contributed by atoms with van der Waals surface area (Å²) in [7, 11) is 0. The highest BCUT2D eigenvalue weighted by Crippen LogP contribution is 2.19. The first kappa shape index (κ1) is 13.3. The molecule has 1 aliphatic carbocycles. The minimum absolute atomic E-state index is 0.604. The van der Waals surface area contributed by atoms with Crippen molar-refractivity contribution in [3.8, 4) is 0 Å². The van der Waals surface area contributed by atoms with Gasteiger partial charge in [-0.05, 0) is 12.8 Å². The van der Waals surface area contributed by atoms with Gasteiger partial charge in [0.1, 0.15) is 12.4 Å². The van der Waals surface area contributed by atoms with Crippen molar-refractivity contribution in [3.05, 3.63) is 29.2 Å². The van der Waals surface area contributed by atoms with Crippen molar-refractivity contribution < 1.29 is 4.52 Å². The van der Waals surface area contributed by atoms with Crippen LogP contribution in [0.2, 0.25) is 0 Å². The van der Waals surface area contributed by atoms with E-state index < -0.39 is 0 Å². The molecule has 1 aliphatic rings. The summed E-state index contributed by atoms with van der Waals surface area (Å²) in [6.45, 7) is 5.54. The third-order valence-electron chi connectivity index (χ3n) is 3.49. The van der Waals surface area contributed by atoms with E-state index in [1.165, 1.54) is 12.8 Å². The Hall–Kier alpha value is -1.69. The summed E-state index contributed by atoms with van der Waals surface area (Å²) in [4.78, 5) is 4.50. The third-order valence-corrected chi connectivity index (χ3v) is 3.49. The molecule has 6 nitrogen and oxygen atoms in total. The maximum absolute atomic E-state index is 5.39. The fraction of sp³-hybridized carbons (Fsp3) is 0.643. The summed E-state index contributed by atoms with van der Waals surface area (Å²) in [6, 6.07) is 2.69. The van der Waals surface area contributed by atoms with Crippen molar-refractivity contribution >= 4 is 0 Å². The number of hydrogen-bond donors (Lipinski definition) is 1. The van der Waals surface area contributed by atoms with Crippen molar-refractivity contribution in [2.45, 2.75) is 58.7 Å². The molecule has 3 rings (SSSR count). The molecular formula is C14H21N5O. The Balaban J connectivity index is 1.65. The van der Waals surface area contributed by atoms with Crippen molar-refractivity contribution in [1.29, 1.82) is 0 Å². The first-order valence-electron chi connectivity index (χ1n) is 7.39. The molecule has 2 aromatic heterocycles. The second kappa shape index (κ2) is 5.75. The van der Waals surface area contributed by atoms with Crippen LogP contribution >= 0.6 is 0 Å². The Bertz CT molecular complexity index is 570. The van der Waals surface area contributed by atoms with E-state index in [4.69, 9.17) is 4.52 Å². The largest absolute Gasteiger partial charge is 0.359 e. The average Bonchev–Trinajstić information content (AvgIpc) is 3.05. The minimum atomic E-state index is 0.604. The molecule has 0 saturated heterocycles. The monoisotopic (exact) mass is 275 g/mol. The van der Waals surface area contributed by atoms with Crippen LogP contribution in [0.1, 0.15) is 49.8 Å². The van der Waals surface area contributed by atoms with Crippen molar-refractivity contribution in [1.82, 2.24) is 25.2 Å². The SMILES string of the molecule is CCc1nc(CC)n(Cc2cc(CNC3CC3)no2)n1. The lowest BCUT2D eigenvalue weighted by molar-refractivity contribution is 0.362. The molecule has 0 atom stereocenters. The van der Waals surface area contributed by atoms with Gasteiger partial charge in [-0.25, -0.2) is 9.67 Å². The molecule has 2 aromatic rings. The summed E-state index contributed by atoms with van der Waals surface area (Å²) >= 11 is 0. The zero-order chi connectivity index (χ0) is 13.9. The molecule has 6 heteroatoms. The summed E-state index contributed by atoms with van der Waals surface area (Å²) in [5.74, 6) is 2.72. The zero-order valence-electron chi connectivity index (χ0n) is 12.1. The zero-order valence-corrected chi connectivity index (χ0v) is 12.1. The minimum Gasteiger partial charge on any atom is -0.359 e. The van der Waals surface area contributed by atoms with Gasteiger partial charge in [0.15, 0.2) is 11.6 Å². The van der Waals surface area contributed by atoms with Crippen LogP contribution in [0.15, 0.2) is 10.6 Å². The van der Waals surface area contributed by atoms with Gasteiger partial charge in [0.05, 0.1) is 5.69 Å². The van der Waals surface area contributed by atoms with E-state index in [2.05, 4.69) is 34.4 Å². The van der Waals surface area contributed by atoms with Crippen LogP contribution in [0.25, 0.3) is 0 Å². The first-order valence-corrected chi connectivity index (χ1v) is 7.39. The molecule has 2 heterocycles. The molecule has 0 amide bonds. The number of rotatable bonds is 7. The van der Waals surface area contributed by atoms with Crippen molar-refractivity contribution in [2.75, 3.05) is 0 Å². The third kappa shape index (κ3) is 3.07. The standard InChI is InChI=1S/C14H21N5O/c1-3-13-16-14(4-2)19(17-13)9-12-7-11(18-20-12)8-15-10-5-6-10/h7,10,15H,3-6,8-9H2,1-2H3.